The molecule has 5 nitrogen and oxygen atoms in total. The predicted molar refractivity (Wildman–Crippen MR) is 60.2 cm³/mol. The standard InChI is InChI=1S/C10H12N2O3S/c1-10(7-3-2-5-15-7)8(13)12(4-6-16)9(14)11-10/h2-3,5,16H,4,6H2,1H3,(H,11,14). The zero-order valence-electron chi connectivity index (χ0n) is 8.77. The average molecular weight is 240 g/mol. The van der Waals surface area contributed by atoms with Crippen LogP contribution >= 0.6 is 12.6 Å². The van der Waals surface area contributed by atoms with E-state index in [0.29, 0.717) is 18.1 Å². The third-order valence-corrected chi connectivity index (χ3v) is 2.81. The molecule has 0 aromatic carbocycles. The molecular weight excluding hydrogens is 228 g/mol. The molecule has 16 heavy (non-hydrogen) atoms. The van der Waals surface area contributed by atoms with Gasteiger partial charge in [0.1, 0.15) is 5.76 Å². The van der Waals surface area contributed by atoms with Crippen LogP contribution in [0.5, 0.6) is 0 Å². The Morgan fingerprint density at radius 2 is 2.31 bits per heavy atom. The molecule has 1 aliphatic heterocycles. The Balaban J connectivity index is 2.32. The number of imide groups is 1. The van der Waals surface area contributed by atoms with Crippen LogP contribution in [0, 0.1) is 0 Å². The smallest absolute Gasteiger partial charge is 0.325 e. The monoisotopic (exact) mass is 240 g/mol. The Labute approximate surface area is 98.2 Å². The van der Waals surface area contributed by atoms with Crippen LogP contribution in [-0.2, 0) is 10.3 Å². The van der Waals surface area contributed by atoms with Crippen LogP contribution in [-0.4, -0.2) is 29.1 Å². The maximum atomic E-state index is 12.1. The predicted octanol–water partition coefficient (Wildman–Crippen LogP) is 0.976. The fraction of sp³-hybridized carbons (Fsp3) is 0.400. The minimum atomic E-state index is -1.09. The number of thiol groups is 1. The Hall–Kier alpha value is -1.43. The van der Waals surface area contributed by atoms with Crippen molar-refractivity contribution in [1.82, 2.24) is 10.2 Å². The number of urea groups is 1. The summed E-state index contributed by atoms with van der Waals surface area (Å²) >= 11 is 4.01. The number of carbonyl (C=O) groups excluding carboxylic acids is 2. The van der Waals surface area contributed by atoms with E-state index in [1.807, 2.05) is 0 Å². The summed E-state index contributed by atoms with van der Waals surface area (Å²) in [5.74, 6) is 0.571. The molecule has 0 saturated carbocycles. The second kappa shape index (κ2) is 3.86. The number of nitrogens with one attached hydrogen (secondary N) is 1. The first kappa shape index (κ1) is 11.1. The van der Waals surface area contributed by atoms with Crippen molar-refractivity contribution in [3.63, 3.8) is 0 Å². The maximum absolute atomic E-state index is 12.1. The number of rotatable bonds is 3. The molecule has 1 atom stereocenters. The van der Waals surface area contributed by atoms with Gasteiger partial charge in [-0.1, -0.05) is 0 Å². The number of hydrogen-bond acceptors (Lipinski definition) is 4. The van der Waals surface area contributed by atoms with Gasteiger partial charge in [0.2, 0.25) is 0 Å². The van der Waals surface area contributed by atoms with Gasteiger partial charge in [-0.3, -0.25) is 9.69 Å². The highest BCUT2D eigenvalue weighted by Gasteiger charge is 2.50. The number of hydrogen-bond donors (Lipinski definition) is 2. The van der Waals surface area contributed by atoms with E-state index < -0.39 is 11.6 Å². The summed E-state index contributed by atoms with van der Waals surface area (Å²) in [4.78, 5) is 24.8. The number of carbonyl (C=O) groups is 2. The number of amides is 3. The van der Waals surface area contributed by atoms with E-state index in [1.165, 1.54) is 6.26 Å². The van der Waals surface area contributed by atoms with Crippen LogP contribution in [0.2, 0.25) is 0 Å². The number of furan rings is 1. The summed E-state index contributed by atoms with van der Waals surface area (Å²) in [7, 11) is 0. The topological polar surface area (TPSA) is 62.6 Å². The van der Waals surface area contributed by atoms with Crippen molar-refractivity contribution in [2.24, 2.45) is 0 Å². The molecule has 1 unspecified atom stereocenters. The van der Waals surface area contributed by atoms with E-state index in [-0.39, 0.29) is 5.91 Å². The highest BCUT2D eigenvalue weighted by Crippen LogP contribution is 2.28. The summed E-state index contributed by atoms with van der Waals surface area (Å²) in [6.45, 7) is 1.93. The molecule has 0 aliphatic carbocycles. The second-order valence-corrected chi connectivity index (χ2v) is 4.16. The van der Waals surface area contributed by atoms with Gasteiger partial charge in [-0.15, -0.1) is 0 Å². The Morgan fingerprint density at radius 1 is 1.56 bits per heavy atom. The summed E-state index contributed by atoms with van der Waals surface area (Å²) in [5.41, 5.74) is -1.09. The SMILES string of the molecule is CC1(c2ccco2)NC(=O)N(CCS)C1=O. The highest BCUT2D eigenvalue weighted by molar-refractivity contribution is 7.80. The fourth-order valence-corrected chi connectivity index (χ4v) is 1.93. The normalized spacial score (nSPS) is 25.0. The van der Waals surface area contributed by atoms with Gasteiger partial charge in [-0.25, -0.2) is 4.79 Å². The highest BCUT2D eigenvalue weighted by atomic mass is 32.1. The second-order valence-electron chi connectivity index (χ2n) is 3.71. The van der Waals surface area contributed by atoms with Crippen LogP contribution in [0.25, 0.3) is 0 Å². The molecule has 0 radical (unpaired) electrons. The van der Waals surface area contributed by atoms with E-state index >= 15 is 0 Å². The molecule has 6 heteroatoms. The van der Waals surface area contributed by atoms with Crippen LogP contribution in [0.15, 0.2) is 22.8 Å². The molecular formula is C10H12N2O3S. The van der Waals surface area contributed by atoms with E-state index in [4.69, 9.17) is 4.42 Å². The fourth-order valence-electron chi connectivity index (χ4n) is 1.73. The van der Waals surface area contributed by atoms with Crippen LogP contribution in [0.3, 0.4) is 0 Å². The molecule has 86 valence electrons. The van der Waals surface area contributed by atoms with E-state index in [1.54, 1.807) is 19.1 Å². The molecule has 3 amide bonds. The van der Waals surface area contributed by atoms with Gasteiger partial charge < -0.3 is 9.73 Å². The van der Waals surface area contributed by atoms with Crippen molar-refractivity contribution < 1.29 is 14.0 Å². The lowest BCUT2D eigenvalue weighted by molar-refractivity contribution is -0.131. The van der Waals surface area contributed by atoms with Crippen molar-refractivity contribution in [2.75, 3.05) is 12.3 Å². The lowest BCUT2D eigenvalue weighted by Gasteiger charge is -2.18. The van der Waals surface area contributed by atoms with Gasteiger partial charge in [-0.2, -0.15) is 12.6 Å². The van der Waals surface area contributed by atoms with Gasteiger partial charge in [-0.05, 0) is 19.1 Å². The lowest BCUT2D eigenvalue weighted by atomic mass is 9.99. The zero-order chi connectivity index (χ0) is 11.8. The van der Waals surface area contributed by atoms with Crippen molar-refractivity contribution in [3.05, 3.63) is 24.2 Å². The largest absolute Gasteiger partial charge is 0.466 e. The molecule has 1 fully saturated rings. The molecule has 1 aliphatic rings. The van der Waals surface area contributed by atoms with Crippen LogP contribution in [0.4, 0.5) is 4.79 Å². The molecule has 1 aromatic heterocycles. The van der Waals surface area contributed by atoms with Gasteiger partial charge in [0.25, 0.3) is 5.91 Å². The van der Waals surface area contributed by atoms with E-state index in [0.717, 1.165) is 4.90 Å². The summed E-state index contributed by atoms with van der Waals surface area (Å²) in [5, 5.41) is 2.63. The summed E-state index contributed by atoms with van der Waals surface area (Å²) in [6, 6.07) is 2.95. The van der Waals surface area contributed by atoms with Crippen molar-refractivity contribution >= 4 is 24.6 Å². The van der Waals surface area contributed by atoms with Crippen molar-refractivity contribution in [3.8, 4) is 0 Å². The quantitative estimate of drug-likeness (QED) is 0.611. The molecule has 0 spiro atoms. The van der Waals surface area contributed by atoms with Crippen molar-refractivity contribution in [2.45, 2.75) is 12.5 Å². The molecule has 1 saturated heterocycles. The zero-order valence-corrected chi connectivity index (χ0v) is 9.66. The third-order valence-electron chi connectivity index (χ3n) is 2.61. The minimum Gasteiger partial charge on any atom is -0.466 e. The Kier molecular flexibility index (Phi) is 2.67. The van der Waals surface area contributed by atoms with Gasteiger partial charge in [0.15, 0.2) is 5.54 Å². The lowest BCUT2D eigenvalue weighted by Crippen LogP contribution is -2.40. The first-order valence-corrected chi connectivity index (χ1v) is 5.52. The summed E-state index contributed by atoms with van der Waals surface area (Å²) in [6.07, 6.45) is 1.47. The minimum absolute atomic E-state index is 0.296. The molecule has 1 aromatic rings. The van der Waals surface area contributed by atoms with Crippen LogP contribution < -0.4 is 5.32 Å². The first-order chi connectivity index (χ1) is 7.59. The average Bonchev–Trinajstić information content (AvgIpc) is 2.83. The van der Waals surface area contributed by atoms with Gasteiger partial charge in [0.05, 0.1) is 6.26 Å². The van der Waals surface area contributed by atoms with Crippen LogP contribution in [0.1, 0.15) is 12.7 Å². The molecule has 0 bridgehead atoms. The van der Waals surface area contributed by atoms with Gasteiger partial charge >= 0.3 is 6.03 Å². The number of nitrogens with zero attached hydrogens (tertiary/aromatic N) is 1. The Bertz CT molecular complexity index is 418. The van der Waals surface area contributed by atoms with Crippen molar-refractivity contribution in [1.29, 1.82) is 0 Å². The third kappa shape index (κ3) is 1.49. The molecule has 2 rings (SSSR count). The summed E-state index contributed by atoms with van der Waals surface area (Å²) < 4.78 is 5.18. The van der Waals surface area contributed by atoms with E-state index in [2.05, 4.69) is 17.9 Å². The van der Waals surface area contributed by atoms with E-state index in [9.17, 15) is 9.59 Å². The first-order valence-electron chi connectivity index (χ1n) is 4.88. The maximum Gasteiger partial charge on any atom is 0.325 e. The molecule has 1 N–H and O–H groups in total. The molecule has 2 heterocycles. The van der Waals surface area contributed by atoms with Gasteiger partial charge in [0, 0.05) is 12.3 Å². The Morgan fingerprint density at radius 3 is 2.88 bits per heavy atom.